The Morgan fingerprint density at radius 3 is 2.55 bits per heavy atom. The summed E-state index contributed by atoms with van der Waals surface area (Å²) in [6.45, 7) is 8.52. The normalized spacial score (nSPS) is 14.3. The van der Waals surface area contributed by atoms with Crippen molar-refractivity contribution >= 4 is 55.9 Å². The molecule has 33 heavy (non-hydrogen) atoms. The third-order valence-electron chi connectivity index (χ3n) is 5.60. The lowest BCUT2D eigenvalue weighted by Crippen LogP contribution is -2.31. The standard InChI is InChI=1S/C23H22N4O2S4/c1-13-11-14(2)19-17(12-13)18-20(23(3,4)25-19)32-27(21(18)30)15-5-7-16(8-6-15)33(28,29)26-22-24-9-10-31-22/h5-12,25H,1-4H3,(H,24,26). The van der Waals surface area contributed by atoms with Crippen molar-refractivity contribution in [3.8, 4) is 16.8 Å². The lowest BCUT2D eigenvalue weighted by Gasteiger charge is -2.34. The van der Waals surface area contributed by atoms with Gasteiger partial charge in [0.05, 0.1) is 21.0 Å². The molecule has 0 amide bonds. The van der Waals surface area contributed by atoms with Gasteiger partial charge in [-0.1, -0.05) is 35.4 Å². The van der Waals surface area contributed by atoms with Crippen LogP contribution in [0.3, 0.4) is 0 Å². The second kappa shape index (κ2) is 7.76. The molecule has 6 nitrogen and oxygen atoms in total. The van der Waals surface area contributed by atoms with Crippen LogP contribution in [0.5, 0.6) is 0 Å². The second-order valence-electron chi connectivity index (χ2n) is 8.59. The summed E-state index contributed by atoms with van der Waals surface area (Å²) in [5.74, 6) is 0. The van der Waals surface area contributed by atoms with Crippen LogP contribution < -0.4 is 10.0 Å². The van der Waals surface area contributed by atoms with Crippen LogP contribution in [-0.4, -0.2) is 17.4 Å². The first-order valence-corrected chi connectivity index (χ1v) is 13.8. The summed E-state index contributed by atoms with van der Waals surface area (Å²) in [6, 6.07) is 11.1. The van der Waals surface area contributed by atoms with Crippen molar-refractivity contribution in [2.24, 2.45) is 0 Å². The lowest BCUT2D eigenvalue weighted by atomic mass is 9.87. The van der Waals surface area contributed by atoms with Crippen LogP contribution in [-0.2, 0) is 15.6 Å². The summed E-state index contributed by atoms with van der Waals surface area (Å²) < 4.78 is 30.6. The van der Waals surface area contributed by atoms with E-state index in [2.05, 4.69) is 54.9 Å². The number of aromatic nitrogens is 2. The minimum Gasteiger partial charge on any atom is -0.374 e. The minimum absolute atomic E-state index is 0.174. The summed E-state index contributed by atoms with van der Waals surface area (Å²) in [5.41, 5.74) is 6.23. The Morgan fingerprint density at radius 2 is 1.88 bits per heavy atom. The maximum atomic E-state index is 12.7. The van der Waals surface area contributed by atoms with E-state index < -0.39 is 10.0 Å². The molecule has 0 bridgehead atoms. The van der Waals surface area contributed by atoms with E-state index in [0.717, 1.165) is 32.0 Å². The van der Waals surface area contributed by atoms with Gasteiger partial charge in [-0.3, -0.25) is 8.68 Å². The SMILES string of the molecule is Cc1cc(C)c2c(c1)-c1c(sn(-c3ccc(S(=O)(=O)Nc4nccs4)cc3)c1=S)C(C)(C)N2. The van der Waals surface area contributed by atoms with E-state index in [9.17, 15) is 8.42 Å². The smallest absolute Gasteiger partial charge is 0.263 e. The molecule has 5 rings (SSSR count). The average Bonchev–Trinajstić information content (AvgIpc) is 3.37. The Kier molecular flexibility index (Phi) is 5.24. The Hall–Kier alpha value is -2.53. The maximum absolute atomic E-state index is 12.7. The van der Waals surface area contributed by atoms with Crippen LogP contribution in [0.25, 0.3) is 16.8 Å². The third-order valence-corrected chi connectivity index (χ3v) is 9.75. The highest BCUT2D eigenvalue weighted by Crippen LogP contribution is 2.48. The topological polar surface area (TPSA) is 76.0 Å². The molecular formula is C23H22N4O2S4. The maximum Gasteiger partial charge on any atom is 0.263 e. The van der Waals surface area contributed by atoms with Gasteiger partial charge in [0.1, 0.15) is 4.64 Å². The van der Waals surface area contributed by atoms with Gasteiger partial charge in [0.15, 0.2) is 5.13 Å². The molecule has 1 aliphatic rings. The minimum atomic E-state index is -3.71. The van der Waals surface area contributed by atoms with Crippen molar-refractivity contribution in [3.63, 3.8) is 0 Å². The van der Waals surface area contributed by atoms with Crippen molar-refractivity contribution in [3.05, 3.63) is 68.6 Å². The molecule has 0 spiro atoms. The number of aryl methyl sites for hydroxylation is 2. The first-order chi connectivity index (χ1) is 15.6. The molecule has 0 radical (unpaired) electrons. The third kappa shape index (κ3) is 3.80. The molecule has 170 valence electrons. The summed E-state index contributed by atoms with van der Waals surface area (Å²) >= 11 is 8.78. The van der Waals surface area contributed by atoms with Crippen molar-refractivity contribution in [2.75, 3.05) is 10.0 Å². The highest BCUT2D eigenvalue weighted by atomic mass is 32.2. The van der Waals surface area contributed by atoms with E-state index in [1.54, 1.807) is 47.4 Å². The number of nitrogens with zero attached hydrogens (tertiary/aromatic N) is 2. The highest BCUT2D eigenvalue weighted by molar-refractivity contribution is 7.93. The lowest BCUT2D eigenvalue weighted by molar-refractivity contribution is 0.601. The average molecular weight is 515 g/mol. The Labute approximate surface area is 206 Å². The summed E-state index contributed by atoms with van der Waals surface area (Å²) in [7, 11) is -3.71. The number of benzene rings is 2. The molecule has 0 unspecified atom stereocenters. The molecule has 3 heterocycles. The summed E-state index contributed by atoms with van der Waals surface area (Å²) in [6.07, 6.45) is 1.56. The molecular weight excluding hydrogens is 493 g/mol. The van der Waals surface area contributed by atoms with Gasteiger partial charge in [-0.2, -0.15) is 0 Å². The van der Waals surface area contributed by atoms with Gasteiger partial charge < -0.3 is 5.32 Å². The van der Waals surface area contributed by atoms with Gasteiger partial charge in [0, 0.05) is 28.4 Å². The van der Waals surface area contributed by atoms with E-state index in [0.29, 0.717) is 5.13 Å². The molecule has 2 N–H and O–H groups in total. The van der Waals surface area contributed by atoms with Crippen molar-refractivity contribution in [2.45, 2.75) is 38.1 Å². The molecule has 2 aromatic carbocycles. The van der Waals surface area contributed by atoms with E-state index in [-0.39, 0.29) is 10.4 Å². The van der Waals surface area contributed by atoms with Crippen molar-refractivity contribution < 1.29 is 8.42 Å². The van der Waals surface area contributed by atoms with Crippen LogP contribution in [0.2, 0.25) is 0 Å². The molecule has 0 saturated heterocycles. The predicted molar refractivity (Wildman–Crippen MR) is 139 cm³/mol. The van der Waals surface area contributed by atoms with E-state index in [1.807, 2.05) is 3.96 Å². The largest absolute Gasteiger partial charge is 0.374 e. The number of anilines is 2. The summed E-state index contributed by atoms with van der Waals surface area (Å²) in [4.78, 5) is 5.32. The molecule has 0 saturated carbocycles. The zero-order valence-electron chi connectivity index (χ0n) is 18.5. The molecule has 2 aromatic heterocycles. The van der Waals surface area contributed by atoms with E-state index in [4.69, 9.17) is 12.2 Å². The number of nitrogens with one attached hydrogen (secondary N) is 2. The first kappa shape index (κ1) is 22.3. The van der Waals surface area contributed by atoms with Crippen LogP contribution in [0.4, 0.5) is 10.8 Å². The van der Waals surface area contributed by atoms with Gasteiger partial charge in [-0.05, 0) is 63.6 Å². The van der Waals surface area contributed by atoms with Crippen molar-refractivity contribution in [1.82, 2.24) is 8.94 Å². The molecule has 4 aromatic rings. The van der Waals surface area contributed by atoms with E-state index >= 15 is 0 Å². The predicted octanol–water partition coefficient (Wildman–Crippen LogP) is 6.47. The Balaban J connectivity index is 1.59. The molecule has 1 aliphatic heterocycles. The monoisotopic (exact) mass is 514 g/mol. The summed E-state index contributed by atoms with van der Waals surface area (Å²) in [5, 5.41) is 5.75. The van der Waals surface area contributed by atoms with Crippen LogP contribution in [0, 0.1) is 18.5 Å². The van der Waals surface area contributed by atoms with Crippen LogP contribution in [0.1, 0.15) is 29.9 Å². The van der Waals surface area contributed by atoms with Gasteiger partial charge in [0.2, 0.25) is 0 Å². The number of fused-ring (bicyclic) bond motifs is 3. The Bertz CT molecular complexity index is 1530. The van der Waals surface area contributed by atoms with E-state index in [1.165, 1.54) is 22.5 Å². The first-order valence-electron chi connectivity index (χ1n) is 10.3. The number of hydrogen-bond acceptors (Lipinski definition) is 7. The molecule has 0 atom stereocenters. The van der Waals surface area contributed by atoms with Gasteiger partial charge >= 0.3 is 0 Å². The number of thiazole rings is 1. The Morgan fingerprint density at radius 1 is 1.15 bits per heavy atom. The van der Waals surface area contributed by atoms with Gasteiger partial charge in [-0.25, -0.2) is 13.4 Å². The zero-order valence-corrected chi connectivity index (χ0v) is 21.7. The fourth-order valence-electron chi connectivity index (χ4n) is 4.12. The molecule has 10 heteroatoms. The fraction of sp³-hybridized carbons (Fsp3) is 0.217. The van der Waals surface area contributed by atoms with Crippen molar-refractivity contribution in [1.29, 1.82) is 0 Å². The highest BCUT2D eigenvalue weighted by Gasteiger charge is 2.35. The number of sulfonamides is 1. The van der Waals surface area contributed by atoms with Gasteiger partial charge in [-0.15, -0.1) is 11.3 Å². The van der Waals surface area contributed by atoms with Gasteiger partial charge in [0.25, 0.3) is 10.0 Å². The fourth-order valence-corrected chi connectivity index (χ4v) is 7.56. The molecule has 0 fully saturated rings. The van der Waals surface area contributed by atoms with Crippen LogP contribution in [0.15, 0.2) is 52.9 Å². The second-order valence-corrected chi connectivity index (χ2v) is 12.5. The zero-order chi connectivity index (χ0) is 23.5. The van der Waals surface area contributed by atoms with Crippen LogP contribution >= 0.6 is 35.1 Å². The number of rotatable bonds is 4. The quantitative estimate of drug-likeness (QED) is 0.305. The number of hydrogen-bond donors (Lipinski definition) is 2. The molecule has 0 aliphatic carbocycles.